The summed E-state index contributed by atoms with van der Waals surface area (Å²) >= 11 is 2.70. The van der Waals surface area contributed by atoms with Crippen molar-refractivity contribution in [1.82, 2.24) is 19.7 Å². The summed E-state index contributed by atoms with van der Waals surface area (Å²) in [6.45, 7) is 10.3. The van der Waals surface area contributed by atoms with Crippen LogP contribution in [-0.4, -0.2) is 36.8 Å². The summed E-state index contributed by atoms with van der Waals surface area (Å²) < 4.78 is 1.86. The van der Waals surface area contributed by atoms with Crippen molar-refractivity contribution in [3.05, 3.63) is 46.2 Å². The van der Waals surface area contributed by atoms with Crippen molar-refractivity contribution in [3.8, 4) is 0 Å². The lowest BCUT2D eigenvalue weighted by atomic mass is 10.1. The molecule has 0 aliphatic rings. The van der Waals surface area contributed by atoms with E-state index >= 15 is 0 Å². The fourth-order valence-electron chi connectivity index (χ4n) is 2.85. The van der Waals surface area contributed by atoms with Crippen molar-refractivity contribution in [2.45, 2.75) is 58.0 Å². The number of anilines is 2. The highest BCUT2D eigenvalue weighted by molar-refractivity contribution is 8.00. The van der Waals surface area contributed by atoms with Crippen LogP contribution >= 0.6 is 23.1 Å². The monoisotopic (exact) mass is 458 g/mol. The Morgan fingerprint density at radius 3 is 2.58 bits per heavy atom. The average molecular weight is 459 g/mol. The molecule has 3 aromatic rings. The number of benzene rings is 1. The summed E-state index contributed by atoms with van der Waals surface area (Å²) in [7, 11) is 0. The van der Waals surface area contributed by atoms with Crippen molar-refractivity contribution < 1.29 is 9.59 Å². The number of aryl methyl sites for hydroxylation is 3. The van der Waals surface area contributed by atoms with Gasteiger partial charge in [0.25, 0.3) is 0 Å². The zero-order valence-corrected chi connectivity index (χ0v) is 19.9. The first-order valence-corrected chi connectivity index (χ1v) is 11.7. The molecule has 0 radical (unpaired) electrons. The molecular weight excluding hydrogens is 432 g/mol. The Labute approximate surface area is 189 Å². The molecule has 2 N–H and O–H groups in total. The van der Waals surface area contributed by atoms with E-state index in [4.69, 9.17) is 0 Å². The summed E-state index contributed by atoms with van der Waals surface area (Å²) in [5.74, 6) is 0.250. The number of thioether (sulfide) groups is 1. The van der Waals surface area contributed by atoms with Gasteiger partial charge in [0.2, 0.25) is 11.8 Å². The largest absolute Gasteiger partial charge is 0.326 e. The molecule has 0 aliphatic heterocycles. The molecular formula is C21H26N6O2S2. The molecule has 2 heterocycles. The van der Waals surface area contributed by atoms with Crippen LogP contribution in [-0.2, 0) is 22.6 Å². The molecule has 1 aromatic carbocycles. The third-order valence-electron chi connectivity index (χ3n) is 4.72. The number of hydrogen-bond acceptors (Lipinski definition) is 7. The zero-order valence-electron chi connectivity index (χ0n) is 18.2. The van der Waals surface area contributed by atoms with Gasteiger partial charge in [-0.2, -0.15) is 0 Å². The molecule has 0 fully saturated rings. The van der Waals surface area contributed by atoms with Gasteiger partial charge in [0.15, 0.2) is 10.3 Å². The topological polar surface area (TPSA) is 102 Å². The quantitative estimate of drug-likeness (QED) is 0.495. The second-order valence-corrected chi connectivity index (χ2v) is 9.38. The summed E-state index contributed by atoms with van der Waals surface area (Å²) in [6.07, 6.45) is 0.104. The van der Waals surface area contributed by atoms with Crippen LogP contribution in [0.5, 0.6) is 0 Å². The molecule has 0 saturated heterocycles. The Morgan fingerprint density at radius 2 is 1.94 bits per heavy atom. The van der Waals surface area contributed by atoms with Gasteiger partial charge in [-0.25, -0.2) is 4.98 Å². The number of hydrogen-bond donors (Lipinski definition) is 2. The van der Waals surface area contributed by atoms with E-state index in [1.165, 1.54) is 28.7 Å². The summed E-state index contributed by atoms with van der Waals surface area (Å²) in [6, 6.07) is 5.81. The van der Waals surface area contributed by atoms with Crippen LogP contribution in [0.4, 0.5) is 10.8 Å². The van der Waals surface area contributed by atoms with Crippen LogP contribution in [0.1, 0.15) is 36.5 Å². The van der Waals surface area contributed by atoms with Gasteiger partial charge < -0.3 is 15.2 Å². The molecule has 3 rings (SSSR count). The van der Waals surface area contributed by atoms with E-state index in [-0.39, 0.29) is 18.2 Å². The maximum Gasteiger partial charge on any atom is 0.239 e. The van der Waals surface area contributed by atoms with Crippen molar-refractivity contribution >= 4 is 45.7 Å². The van der Waals surface area contributed by atoms with E-state index < -0.39 is 5.25 Å². The lowest BCUT2D eigenvalue weighted by Crippen LogP contribution is -2.23. The Hall–Kier alpha value is -2.72. The first kappa shape index (κ1) is 23.0. The summed E-state index contributed by atoms with van der Waals surface area (Å²) in [4.78, 5) is 29.3. The van der Waals surface area contributed by atoms with Crippen molar-refractivity contribution in [3.63, 3.8) is 0 Å². The van der Waals surface area contributed by atoms with Gasteiger partial charge in [0, 0.05) is 17.6 Å². The second kappa shape index (κ2) is 10.1. The normalized spacial score (nSPS) is 11.9. The Balaban J connectivity index is 1.63. The number of thiazole rings is 1. The summed E-state index contributed by atoms with van der Waals surface area (Å²) in [5.41, 5.74) is 3.92. The van der Waals surface area contributed by atoms with Gasteiger partial charge in [-0.1, -0.05) is 17.8 Å². The van der Waals surface area contributed by atoms with Crippen molar-refractivity contribution in [1.29, 1.82) is 0 Å². The Morgan fingerprint density at radius 1 is 1.16 bits per heavy atom. The minimum Gasteiger partial charge on any atom is -0.326 e. The van der Waals surface area contributed by atoms with Gasteiger partial charge >= 0.3 is 0 Å². The van der Waals surface area contributed by atoms with Gasteiger partial charge in [0.1, 0.15) is 5.82 Å². The Kier molecular flexibility index (Phi) is 7.45. The smallest absolute Gasteiger partial charge is 0.239 e. The van der Waals surface area contributed by atoms with Crippen LogP contribution in [0.2, 0.25) is 0 Å². The molecule has 8 nitrogen and oxygen atoms in total. The molecule has 2 aromatic heterocycles. The van der Waals surface area contributed by atoms with E-state index in [1.807, 2.05) is 55.8 Å². The molecule has 0 saturated carbocycles. The first-order chi connectivity index (χ1) is 14.8. The molecule has 31 heavy (non-hydrogen) atoms. The average Bonchev–Trinajstić information content (AvgIpc) is 3.29. The second-order valence-electron chi connectivity index (χ2n) is 7.21. The highest BCUT2D eigenvalue weighted by Gasteiger charge is 2.21. The van der Waals surface area contributed by atoms with Crippen LogP contribution < -0.4 is 10.6 Å². The molecule has 0 spiro atoms. The van der Waals surface area contributed by atoms with Gasteiger partial charge in [-0.05, 0) is 57.9 Å². The first-order valence-electron chi connectivity index (χ1n) is 9.95. The van der Waals surface area contributed by atoms with E-state index in [0.717, 1.165) is 16.9 Å². The van der Waals surface area contributed by atoms with Crippen LogP contribution in [0.3, 0.4) is 0 Å². The van der Waals surface area contributed by atoms with E-state index in [1.54, 1.807) is 6.92 Å². The third kappa shape index (κ3) is 5.92. The van der Waals surface area contributed by atoms with Crippen molar-refractivity contribution in [2.24, 2.45) is 0 Å². The van der Waals surface area contributed by atoms with Crippen LogP contribution in [0.25, 0.3) is 0 Å². The van der Waals surface area contributed by atoms with E-state index in [0.29, 0.717) is 22.7 Å². The van der Waals surface area contributed by atoms with Gasteiger partial charge in [0.05, 0.1) is 17.4 Å². The molecule has 1 atom stereocenters. The van der Waals surface area contributed by atoms with E-state index in [2.05, 4.69) is 25.8 Å². The molecule has 10 heteroatoms. The molecule has 164 valence electrons. The number of aromatic nitrogens is 4. The summed E-state index contributed by atoms with van der Waals surface area (Å²) in [5, 5.41) is 16.8. The fraction of sp³-hybridized carbons (Fsp3) is 0.381. The Bertz CT molecular complexity index is 1090. The number of amides is 2. The highest BCUT2D eigenvalue weighted by atomic mass is 32.2. The lowest BCUT2D eigenvalue weighted by Gasteiger charge is -2.12. The minimum absolute atomic E-state index is 0.104. The highest BCUT2D eigenvalue weighted by Crippen LogP contribution is 2.24. The van der Waals surface area contributed by atoms with E-state index in [9.17, 15) is 9.59 Å². The van der Waals surface area contributed by atoms with Crippen molar-refractivity contribution in [2.75, 3.05) is 10.6 Å². The SMILES string of the molecule is CCn1c(CC(=O)Nc2ccc(C)c(C)c2)nnc1S[C@H](C)C(=O)Nc1nc(C)cs1. The predicted molar refractivity (Wildman–Crippen MR) is 125 cm³/mol. The lowest BCUT2D eigenvalue weighted by molar-refractivity contribution is -0.116. The molecule has 0 unspecified atom stereocenters. The minimum atomic E-state index is -0.393. The maximum atomic E-state index is 12.5. The maximum absolute atomic E-state index is 12.5. The van der Waals surface area contributed by atoms with Crippen LogP contribution in [0.15, 0.2) is 28.7 Å². The fourth-order valence-corrected chi connectivity index (χ4v) is 4.48. The number of carbonyl (C=O) groups is 2. The zero-order chi connectivity index (χ0) is 22.5. The molecule has 0 bridgehead atoms. The standard InChI is InChI=1S/C21H26N6O2S2/c1-6-27-17(10-18(28)23-16-8-7-12(2)13(3)9-16)25-26-21(27)31-15(5)19(29)24-20-22-14(4)11-30-20/h7-9,11,15H,6,10H2,1-5H3,(H,23,28)(H,22,24,29)/t15-/m1/s1. The number of nitrogens with zero attached hydrogens (tertiary/aromatic N) is 4. The molecule has 0 aliphatic carbocycles. The number of carbonyl (C=O) groups excluding carboxylic acids is 2. The van der Waals surface area contributed by atoms with Gasteiger partial charge in [-0.15, -0.1) is 21.5 Å². The van der Waals surface area contributed by atoms with Gasteiger partial charge in [-0.3, -0.25) is 9.59 Å². The van der Waals surface area contributed by atoms with Crippen LogP contribution in [0, 0.1) is 20.8 Å². The predicted octanol–water partition coefficient (Wildman–Crippen LogP) is 3.98. The number of nitrogens with one attached hydrogen (secondary N) is 2. The third-order valence-corrected chi connectivity index (χ3v) is 6.68. The number of rotatable bonds is 8. The molecule has 2 amide bonds.